The Bertz CT molecular complexity index is 839. The van der Waals surface area contributed by atoms with E-state index < -0.39 is 0 Å². The highest BCUT2D eigenvalue weighted by atomic mass is 32.2. The number of nitrogen functional groups attached to an aromatic ring is 1. The molecule has 0 bridgehead atoms. The molecule has 2 aromatic heterocycles. The summed E-state index contributed by atoms with van der Waals surface area (Å²) in [5.41, 5.74) is 8.67. The monoisotopic (exact) mass is 336 g/mol. The van der Waals surface area contributed by atoms with Crippen LogP contribution in [0.1, 0.15) is 15.9 Å². The Balaban J connectivity index is 1.74. The number of amides is 1. The van der Waals surface area contributed by atoms with Crippen molar-refractivity contribution in [3.05, 3.63) is 78.2 Å². The van der Waals surface area contributed by atoms with E-state index in [2.05, 4.69) is 15.3 Å². The maximum absolute atomic E-state index is 12.5. The zero-order valence-corrected chi connectivity index (χ0v) is 13.7. The Hall–Kier alpha value is -2.86. The van der Waals surface area contributed by atoms with Crippen molar-refractivity contribution in [1.29, 1.82) is 0 Å². The summed E-state index contributed by atoms with van der Waals surface area (Å²) in [5.74, 6) is 0.517. The first kappa shape index (κ1) is 16.0. The quantitative estimate of drug-likeness (QED) is 0.549. The molecular weight excluding hydrogens is 320 g/mol. The number of carbonyl (C=O) groups is 1. The van der Waals surface area contributed by atoms with Crippen LogP contribution in [0.4, 0.5) is 11.4 Å². The highest BCUT2D eigenvalue weighted by molar-refractivity contribution is 7.98. The number of nitrogens with zero attached hydrogens (tertiary/aromatic N) is 2. The van der Waals surface area contributed by atoms with E-state index in [4.69, 9.17) is 5.73 Å². The molecule has 3 aromatic rings. The molecule has 0 unspecified atom stereocenters. The van der Waals surface area contributed by atoms with Gasteiger partial charge >= 0.3 is 0 Å². The predicted octanol–water partition coefficient (Wildman–Crippen LogP) is 3.60. The summed E-state index contributed by atoms with van der Waals surface area (Å²) < 4.78 is 0. The van der Waals surface area contributed by atoms with E-state index in [-0.39, 0.29) is 5.91 Å². The summed E-state index contributed by atoms with van der Waals surface area (Å²) in [6.07, 6.45) is 5.19. The molecule has 1 amide bonds. The third kappa shape index (κ3) is 4.11. The maximum Gasteiger partial charge on any atom is 0.258 e. The number of nitrogens with two attached hydrogens (primary N) is 1. The fourth-order valence-electron chi connectivity index (χ4n) is 2.12. The maximum atomic E-state index is 12.5. The van der Waals surface area contributed by atoms with Gasteiger partial charge in [-0.1, -0.05) is 6.07 Å². The van der Waals surface area contributed by atoms with Crippen LogP contribution in [0, 0.1) is 0 Å². The highest BCUT2D eigenvalue weighted by Gasteiger charge is 2.13. The molecule has 0 fully saturated rings. The topological polar surface area (TPSA) is 80.9 Å². The lowest BCUT2D eigenvalue weighted by Gasteiger charge is -2.09. The van der Waals surface area contributed by atoms with E-state index in [0.717, 1.165) is 11.3 Å². The second-order valence-corrected chi connectivity index (χ2v) is 6.04. The van der Waals surface area contributed by atoms with E-state index in [1.807, 2.05) is 12.1 Å². The van der Waals surface area contributed by atoms with Crippen LogP contribution in [0.25, 0.3) is 0 Å². The van der Waals surface area contributed by atoms with E-state index in [0.29, 0.717) is 22.0 Å². The molecule has 0 saturated carbocycles. The van der Waals surface area contributed by atoms with Gasteiger partial charge in [0.05, 0.1) is 5.56 Å². The molecule has 0 radical (unpaired) electrons. The molecule has 6 heteroatoms. The highest BCUT2D eigenvalue weighted by Crippen LogP contribution is 2.25. The number of nitrogens with one attached hydrogen (secondary N) is 1. The zero-order valence-electron chi connectivity index (χ0n) is 12.8. The number of thioether (sulfide) groups is 1. The third-order valence-corrected chi connectivity index (χ3v) is 4.36. The predicted molar refractivity (Wildman–Crippen MR) is 96.8 cm³/mol. The van der Waals surface area contributed by atoms with Gasteiger partial charge in [-0.15, -0.1) is 11.8 Å². The summed E-state index contributed by atoms with van der Waals surface area (Å²) >= 11 is 1.52. The van der Waals surface area contributed by atoms with Crippen molar-refractivity contribution in [2.75, 3.05) is 11.1 Å². The lowest BCUT2D eigenvalue weighted by atomic mass is 10.2. The lowest BCUT2D eigenvalue weighted by Crippen LogP contribution is -2.13. The largest absolute Gasteiger partial charge is 0.399 e. The van der Waals surface area contributed by atoms with Crippen LogP contribution in [0.2, 0.25) is 0 Å². The first-order valence-corrected chi connectivity index (χ1v) is 8.34. The SMILES string of the molecule is Nc1cccc(NC(=O)c2cccnc2SCc2ccncc2)c1. The van der Waals surface area contributed by atoms with Gasteiger partial charge in [0, 0.05) is 35.7 Å². The standard InChI is InChI=1S/C18H16N4OS/c19-14-3-1-4-15(11-14)22-17(23)16-5-2-8-21-18(16)24-12-13-6-9-20-10-7-13/h1-11H,12,19H2,(H,22,23). The molecule has 3 rings (SSSR count). The smallest absolute Gasteiger partial charge is 0.258 e. The summed E-state index contributed by atoms with van der Waals surface area (Å²) in [5, 5.41) is 3.55. The molecule has 0 atom stereocenters. The van der Waals surface area contributed by atoms with Gasteiger partial charge in [-0.3, -0.25) is 9.78 Å². The van der Waals surface area contributed by atoms with Crippen LogP contribution < -0.4 is 11.1 Å². The second-order valence-electron chi connectivity index (χ2n) is 5.08. The average Bonchev–Trinajstić information content (AvgIpc) is 2.61. The van der Waals surface area contributed by atoms with Crippen LogP contribution in [-0.2, 0) is 5.75 Å². The van der Waals surface area contributed by atoms with Gasteiger partial charge in [-0.25, -0.2) is 4.98 Å². The number of pyridine rings is 2. The number of carbonyl (C=O) groups excluding carboxylic acids is 1. The Kier molecular flexibility index (Phi) is 5.08. The fourth-order valence-corrected chi connectivity index (χ4v) is 3.07. The van der Waals surface area contributed by atoms with Crippen LogP contribution in [0.15, 0.2) is 72.1 Å². The normalized spacial score (nSPS) is 10.3. The van der Waals surface area contributed by atoms with Crippen molar-refractivity contribution < 1.29 is 4.79 Å². The molecule has 2 heterocycles. The molecule has 0 spiro atoms. The number of hydrogen-bond acceptors (Lipinski definition) is 5. The van der Waals surface area contributed by atoms with Crippen molar-refractivity contribution in [2.45, 2.75) is 10.8 Å². The van der Waals surface area contributed by atoms with Gasteiger partial charge < -0.3 is 11.1 Å². The van der Waals surface area contributed by atoms with Gasteiger partial charge in [0.2, 0.25) is 0 Å². The van der Waals surface area contributed by atoms with E-state index in [1.165, 1.54) is 11.8 Å². The zero-order chi connectivity index (χ0) is 16.8. The minimum Gasteiger partial charge on any atom is -0.399 e. The fraction of sp³-hybridized carbons (Fsp3) is 0.0556. The third-order valence-electron chi connectivity index (χ3n) is 3.29. The van der Waals surface area contributed by atoms with E-state index in [9.17, 15) is 4.79 Å². The van der Waals surface area contributed by atoms with Crippen molar-refractivity contribution in [3.63, 3.8) is 0 Å². The lowest BCUT2D eigenvalue weighted by molar-refractivity contribution is 0.102. The molecule has 24 heavy (non-hydrogen) atoms. The minimum absolute atomic E-state index is 0.203. The van der Waals surface area contributed by atoms with Gasteiger partial charge in [0.25, 0.3) is 5.91 Å². The van der Waals surface area contributed by atoms with Gasteiger partial charge in [-0.2, -0.15) is 0 Å². The molecule has 120 valence electrons. The molecule has 0 aliphatic heterocycles. The Morgan fingerprint density at radius 3 is 2.71 bits per heavy atom. The molecule has 0 aliphatic carbocycles. The summed E-state index contributed by atoms with van der Waals surface area (Å²) in [6, 6.07) is 14.5. The molecule has 0 aliphatic rings. The number of hydrogen-bond donors (Lipinski definition) is 2. The van der Waals surface area contributed by atoms with Crippen molar-refractivity contribution >= 4 is 29.0 Å². The summed E-state index contributed by atoms with van der Waals surface area (Å²) in [4.78, 5) is 20.9. The molecule has 0 saturated heterocycles. The first-order chi connectivity index (χ1) is 11.7. The van der Waals surface area contributed by atoms with Crippen molar-refractivity contribution in [1.82, 2.24) is 9.97 Å². The molecule has 3 N–H and O–H groups in total. The van der Waals surface area contributed by atoms with Crippen LogP contribution >= 0.6 is 11.8 Å². The number of rotatable bonds is 5. The number of benzene rings is 1. The Morgan fingerprint density at radius 1 is 1.08 bits per heavy atom. The van der Waals surface area contributed by atoms with Crippen LogP contribution in [0.5, 0.6) is 0 Å². The summed E-state index contributed by atoms with van der Waals surface area (Å²) in [7, 11) is 0. The van der Waals surface area contributed by atoms with E-state index in [1.54, 1.807) is 55.0 Å². The van der Waals surface area contributed by atoms with Crippen LogP contribution in [0.3, 0.4) is 0 Å². The number of aromatic nitrogens is 2. The molecule has 5 nitrogen and oxygen atoms in total. The second kappa shape index (κ2) is 7.61. The van der Waals surface area contributed by atoms with Gasteiger partial charge in [0.15, 0.2) is 0 Å². The Labute approximate surface area is 144 Å². The van der Waals surface area contributed by atoms with Gasteiger partial charge in [0.1, 0.15) is 5.03 Å². The van der Waals surface area contributed by atoms with Crippen molar-refractivity contribution in [3.8, 4) is 0 Å². The average molecular weight is 336 g/mol. The molecular formula is C18H16N4OS. The Morgan fingerprint density at radius 2 is 1.92 bits per heavy atom. The number of anilines is 2. The molecule has 1 aromatic carbocycles. The minimum atomic E-state index is -0.203. The van der Waals surface area contributed by atoms with E-state index >= 15 is 0 Å². The van der Waals surface area contributed by atoms with Crippen molar-refractivity contribution in [2.24, 2.45) is 0 Å². The summed E-state index contributed by atoms with van der Waals surface area (Å²) in [6.45, 7) is 0. The first-order valence-electron chi connectivity index (χ1n) is 7.36. The van der Waals surface area contributed by atoms with Gasteiger partial charge in [-0.05, 0) is 48.0 Å². The van der Waals surface area contributed by atoms with Crippen LogP contribution in [-0.4, -0.2) is 15.9 Å².